The number of benzene rings is 7. The predicted molar refractivity (Wildman–Crippen MR) is 183 cm³/mol. The zero-order valence-electron chi connectivity index (χ0n) is 25.7. The van der Waals surface area contributed by atoms with Gasteiger partial charge in [-0.15, -0.1) is 0 Å². The zero-order chi connectivity index (χ0) is 29.2. The SMILES string of the molecule is CC1(C)c2ccccc2-c2c1cc1c3c(c4c5c(cc6ccc2c1c64)-c1ccccc1C5(C)C)-c1ccccc1C3(C)C. The lowest BCUT2D eigenvalue weighted by molar-refractivity contribution is 0.657. The second kappa shape index (κ2) is 7.20. The van der Waals surface area contributed by atoms with E-state index in [-0.39, 0.29) is 16.2 Å². The minimum atomic E-state index is -0.110. The topological polar surface area (TPSA) is 0 Å². The summed E-state index contributed by atoms with van der Waals surface area (Å²) in [7, 11) is 0. The van der Waals surface area contributed by atoms with Crippen LogP contribution >= 0.6 is 0 Å². The molecular formula is C43H34. The number of fused-ring (bicyclic) bond motifs is 13. The molecule has 206 valence electrons. The Hall–Kier alpha value is -4.42. The first kappa shape index (κ1) is 24.1. The van der Waals surface area contributed by atoms with E-state index in [0.29, 0.717) is 0 Å². The third-order valence-corrected chi connectivity index (χ3v) is 11.7. The minimum absolute atomic E-state index is 0.0518. The van der Waals surface area contributed by atoms with Gasteiger partial charge in [0.15, 0.2) is 0 Å². The highest BCUT2D eigenvalue weighted by atomic mass is 14.5. The fraction of sp³-hybridized carbons (Fsp3) is 0.209. The first-order valence-corrected chi connectivity index (χ1v) is 15.8. The highest BCUT2D eigenvalue weighted by Gasteiger charge is 2.45. The zero-order valence-corrected chi connectivity index (χ0v) is 25.7. The van der Waals surface area contributed by atoms with Gasteiger partial charge in [-0.05, 0) is 111 Å². The first-order chi connectivity index (χ1) is 20.6. The van der Waals surface area contributed by atoms with Crippen LogP contribution in [0.4, 0.5) is 0 Å². The fourth-order valence-corrected chi connectivity index (χ4v) is 9.86. The molecule has 0 unspecified atom stereocenters. The van der Waals surface area contributed by atoms with Gasteiger partial charge in [0.2, 0.25) is 0 Å². The lowest BCUT2D eigenvalue weighted by atomic mass is 9.73. The molecule has 0 fully saturated rings. The summed E-state index contributed by atoms with van der Waals surface area (Å²) in [6, 6.07) is 37.5. The van der Waals surface area contributed by atoms with Crippen molar-refractivity contribution in [2.24, 2.45) is 0 Å². The molecule has 43 heavy (non-hydrogen) atoms. The minimum Gasteiger partial charge on any atom is -0.0619 e. The molecule has 10 rings (SSSR count). The maximum atomic E-state index is 2.61. The molecule has 0 spiro atoms. The van der Waals surface area contributed by atoms with Gasteiger partial charge < -0.3 is 0 Å². The molecule has 0 atom stereocenters. The maximum Gasteiger partial charge on any atom is 0.0165 e. The summed E-state index contributed by atoms with van der Waals surface area (Å²) in [5.41, 5.74) is 17.1. The predicted octanol–water partition coefficient (Wildman–Crippen LogP) is 11.5. The third kappa shape index (κ3) is 2.51. The van der Waals surface area contributed by atoms with Crippen LogP contribution in [0.1, 0.15) is 74.9 Å². The molecule has 0 aromatic heterocycles. The number of hydrogen-bond acceptors (Lipinski definition) is 0. The quantitative estimate of drug-likeness (QED) is 0.165. The van der Waals surface area contributed by atoms with E-state index < -0.39 is 0 Å². The van der Waals surface area contributed by atoms with Gasteiger partial charge in [-0.25, -0.2) is 0 Å². The average Bonchev–Trinajstić information content (AvgIpc) is 3.49. The van der Waals surface area contributed by atoms with E-state index in [2.05, 4.69) is 139 Å². The monoisotopic (exact) mass is 550 g/mol. The van der Waals surface area contributed by atoms with Crippen LogP contribution in [0.15, 0.2) is 97.1 Å². The third-order valence-electron chi connectivity index (χ3n) is 11.7. The van der Waals surface area contributed by atoms with E-state index in [4.69, 9.17) is 0 Å². The Labute approximate surface area is 253 Å². The maximum absolute atomic E-state index is 2.61. The summed E-state index contributed by atoms with van der Waals surface area (Å²) in [6.45, 7) is 14.7. The van der Waals surface area contributed by atoms with E-state index in [1.807, 2.05) is 0 Å². The molecule has 0 radical (unpaired) electrons. The van der Waals surface area contributed by atoms with Gasteiger partial charge in [0.25, 0.3) is 0 Å². The van der Waals surface area contributed by atoms with Gasteiger partial charge in [-0.2, -0.15) is 0 Å². The standard InChI is InChI=1S/C43H34/c1-41(2)31-17-11-8-14-25(31)35-27-20-19-23-21-28-24-13-7-10-16-30(24)42(3,4)39(28)38-34(23)36(27)29(22-33(35)41)40-37(38)26-15-9-12-18-32(26)43(40,5)6/h7-22H,1-6H3. The van der Waals surface area contributed by atoms with E-state index in [1.54, 1.807) is 0 Å². The Kier molecular flexibility index (Phi) is 4.03. The molecule has 7 aromatic rings. The first-order valence-electron chi connectivity index (χ1n) is 15.8. The van der Waals surface area contributed by atoms with E-state index in [9.17, 15) is 0 Å². The summed E-state index contributed by atoms with van der Waals surface area (Å²) in [4.78, 5) is 0. The van der Waals surface area contributed by atoms with Gasteiger partial charge in [0.1, 0.15) is 0 Å². The highest BCUT2D eigenvalue weighted by molar-refractivity contribution is 6.33. The molecule has 0 N–H and O–H groups in total. The van der Waals surface area contributed by atoms with Crippen molar-refractivity contribution in [2.75, 3.05) is 0 Å². The van der Waals surface area contributed by atoms with Crippen LogP contribution in [0.3, 0.4) is 0 Å². The van der Waals surface area contributed by atoms with Crippen LogP contribution in [-0.4, -0.2) is 0 Å². The molecule has 0 nitrogen and oxygen atoms in total. The smallest absolute Gasteiger partial charge is 0.0165 e. The van der Waals surface area contributed by atoms with Crippen molar-refractivity contribution in [3.63, 3.8) is 0 Å². The van der Waals surface area contributed by atoms with Crippen LogP contribution in [-0.2, 0) is 16.2 Å². The second-order valence-corrected chi connectivity index (χ2v) is 14.9. The molecule has 0 saturated carbocycles. The van der Waals surface area contributed by atoms with Crippen molar-refractivity contribution in [1.29, 1.82) is 0 Å². The van der Waals surface area contributed by atoms with E-state index in [1.165, 1.54) is 99.1 Å². The Balaban J connectivity index is 1.52. The second-order valence-electron chi connectivity index (χ2n) is 14.9. The Morgan fingerprint density at radius 3 is 1.63 bits per heavy atom. The normalized spacial score (nSPS) is 17.6. The Morgan fingerprint density at radius 2 is 0.930 bits per heavy atom. The van der Waals surface area contributed by atoms with Crippen molar-refractivity contribution in [2.45, 2.75) is 57.8 Å². The molecular weight excluding hydrogens is 516 g/mol. The highest BCUT2D eigenvalue weighted by Crippen LogP contribution is 2.63. The van der Waals surface area contributed by atoms with Crippen molar-refractivity contribution < 1.29 is 0 Å². The summed E-state index contributed by atoms with van der Waals surface area (Å²) < 4.78 is 0. The summed E-state index contributed by atoms with van der Waals surface area (Å²) in [5.74, 6) is 0. The van der Waals surface area contributed by atoms with Gasteiger partial charge in [0.05, 0.1) is 0 Å². The lowest BCUT2D eigenvalue weighted by Crippen LogP contribution is -2.18. The largest absolute Gasteiger partial charge is 0.0619 e. The van der Waals surface area contributed by atoms with Crippen molar-refractivity contribution >= 4 is 32.3 Å². The lowest BCUT2D eigenvalue weighted by Gasteiger charge is -2.30. The average molecular weight is 551 g/mol. The molecule has 0 heterocycles. The summed E-state index contributed by atoms with van der Waals surface area (Å²) >= 11 is 0. The fourth-order valence-electron chi connectivity index (χ4n) is 9.86. The molecule has 3 aliphatic carbocycles. The Morgan fingerprint density at radius 1 is 0.372 bits per heavy atom. The number of hydrogen-bond donors (Lipinski definition) is 0. The molecule has 7 aromatic carbocycles. The summed E-state index contributed by atoms with van der Waals surface area (Å²) in [5, 5.41) is 8.58. The van der Waals surface area contributed by atoms with Crippen LogP contribution in [0, 0.1) is 0 Å². The molecule has 0 bridgehead atoms. The van der Waals surface area contributed by atoms with Crippen molar-refractivity contribution in [3.8, 4) is 33.4 Å². The van der Waals surface area contributed by atoms with Gasteiger partial charge >= 0.3 is 0 Å². The molecule has 3 aliphatic rings. The molecule has 0 heteroatoms. The van der Waals surface area contributed by atoms with Crippen molar-refractivity contribution in [1.82, 2.24) is 0 Å². The Bertz CT molecular complexity index is 2410. The van der Waals surface area contributed by atoms with E-state index in [0.717, 1.165) is 0 Å². The molecule has 0 saturated heterocycles. The van der Waals surface area contributed by atoms with Crippen LogP contribution in [0.25, 0.3) is 65.7 Å². The van der Waals surface area contributed by atoms with Gasteiger partial charge in [-0.3, -0.25) is 0 Å². The van der Waals surface area contributed by atoms with Crippen LogP contribution < -0.4 is 0 Å². The summed E-state index contributed by atoms with van der Waals surface area (Å²) in [6.07, 6.45) is 0. The van der Waals surface area contributed by atoms with Gasteiger partial charge in [0, 0.05) is 16.2 Å². The molecule has 0 amide bonds. The number of rotatable bonds is 0. The van der Waals surface area contributed by atoms with Crippen LogP contribution in [0.5, 0.6) is 0 Å². The van der Waals surface area contributed by atoms with Crippen molar-refractivity contribution in [3.05, 3.63) is 130 Å². The molecule has 0 aliphatic heterocycles. The van der Waals surface area contributed by atoms with E-state index >= 15 is 0 Å². The van der Waals surface area contributed by atoms with Gasteiger partial charge in [-0.1, -0.05) is 126 Å². The van der Waals surface area contributed by atoms with Crippen LogP contribution in [0.2, 0.25) is 0 Å².